The average molecular weight is 1440 g/mol. The van der Waals surface area contributed by atoms with Crippen LogP contribution < -0.4 is 87.2 Å². The van der Waals surface area contributed by atoms with Crippen molar-refractivity contribution in [2.24, 2.45) is 33.7 Å². The highest BCUT2D eigenvalue weighted by Gasteiger charge is 2.41. The van der Waals surface area contributed by atoms with Gasteiger partial charge in [0.15, 0.2) is 5.96 Å². The zero-order valence-electron chi connectivity index (χ0n) is 52.2. The van der Waals surface area contributed by atoms with Crippen LogP contribution in [0.4, 0.5) is 0 Å². The second-order valence-corrected chi connectivity index (χ2v) is 27.4. The number of nitrogens with one attached hydrogen (secondary N) is 12. The molecule has 25 N–H and O–H groups in total. The number of hydrogen-bond acceptors (Lipinski definition) is 24. The molecular formula is C55H80N20O18S4. The Morgan fingerprint density at radius 3 is 1.96 bits per heavy atom. The number of carboxylic acid groups (broad SMARTS) is 1. The molecule has 3 fully saturated rings. The fourth-order valence-corrected chi connectivity index (χ4v) is 14.2. The van der Waals surface area contributed by atoms with Gasteiger partial charge < -0.3 is 112 Å². The maximum Gasteiger partial charge on any atom is 0.303 e. The number of hydrogen-bond donors (Lipinski definition) is 20. The number of aliphatic hydroxyl groups is 1. The van der Waals surface area contributed by atoms with Crippen LogP contribution in [-0.2, 0) is 84.8 Å². The molecule has 3 saturated heterocycles. The number of carbonyl (C=O) groups excluding carboxylic acids is 14. The third kappa shape index (κ3) is 26.1. The van der Waals surface area contributed by atoms with E-state index in [2.05, 4.69) is 73.4 Å². The molecule has 2 bridgehead atoms. The molecule has 3 aliphatic heterocycles. The molecule has 0 radical (unpaired) electrons. The molecule has 0 aliphatic carbocycles. The minimum atomic E-state index is -1.88. The van der Waals surface area contributed by atoms with Gasteiger partial charge in [-0.1, -0.05) is 55.3 Å². The van der Waals surface area contributed by atoms with E-state index in [0.717, 1.165) is 48.1 Å². The SMILES string of the molecule is CC1NC(=O)C2CCCN2C(=O)C(CC(N)=O)NC(=O)C2CSSCC(C(N)=O)NC(=O)C(CO)NC(=O)C(Cc3cccc(O)c3)NC(=O)C(Cc3cnc[nH]3)NC(=O)C(CCCN=C(N)N)NC(=O)CNC(=O)C(CSSCC(NC(=O)C(N)CCC(=O)O)C(=O)N2)NC1=O. The van der Waals surface area contributed by atoms with E-state index in [0.29, 0.717) is 0 Å². The monoisotopic (exact) mass is 1440 g/mol. The van der Waals surface area contributed by atoms with E-state index in [4.69, 9.17) is 28.7 Å². The lowest BCUT2D eigenvalue weighted by Gasteiger charge is -2.30. The van der Waals surface area contributed by atoms with E-state index in [1.165, 1.54) is 43.7 Å². The number of imidazole rings is 1. The summed E-state index contributed by atoms with van der Waals surface area (Å²) in [5.74, 6) is -18.4. The van der Waals surface area contributed by atoms with Gasteiger partial charge in [0.2, 0.25) is 82.7 Å². The first-order valence-corrected chi connectivity index (χ1v) is 35.1. The van der Waals surface area contributed by atoms with Gasteiger partial charge >= 0.3 is 5.97 Å². The predicted octanol–water partition coefficient (Wildman–Crippen LogP) is -8.74. The van der Waals surface area contributed by atoms with E-state index in [1.54, 1.807) is 0 Å². The third-order valence-electron chi connectivity index (χ3n) is 14.7. The number of primary amides is 2. The summed E-state index contributed by atoms with van der Waals surface area (Å²) in [6.45, 7) is -0.938. The van der Waals surface area contributed by atoms with Gasteiger partial charge in [-0.25, -0.2) is 4.98 Å². The number of aromatic nitrogens is 2. The quantitative estimate of drug-likeness (QED) is 0.0303. The molecule has 42 heteroatoms. The maximum atomic E-state index is 14.6. The fourth-order valence-electron chi connectivity index (χ4n) is 9.56. The van der Waals surface area contributed by atoms with E-state index in [1.807, 2.05) is 0 Å². The number of aliphatic imine (C=N–C) groups is 1. The molecule has 0 saturated carbocycles. The molecule has 0 spiro atoms. The van der Waals surface area contributed by atoms with Crippen LogP contribution in [0.15, 0.2) is 41.8 Å². The zero-order valence-corrected chi connectivity index (χ0v) is 55.5. The van der Waals surface area contributed by atoms with Gasteiger partial charge in [-0.3, -0.25) is 76.9 Å². The first kappa shape index (κ1) is 78.6. The number of nitrogens with zero attached hydrogens (tertiary/aromatic N) is 3. The Balaban J connectivity index is 1.63. The fraction of sp³-hybridized carbons (Fsp3) is 0.545. The van der Waals surface area contributed by atoms with Gasteiger partial charge in [0.1, 0.15) is 72.2 Å². The Hall–Kier alpha value is -9.13. The van der Waals surface area contributed by atoms with Crippen LogP contribution in [0.25, 0.3) is 0 Å². The first-order chi connectivity index (χ1) is 46.0. The second-order valence-electron chi connectivity index (χ2n) is 22.3. The van der Waals surface area contributed by atoms with Gasteiger partial charge in [0, 0.05) is 67.3 Å². The number of aliphatic hydroxyl groups excluding tert-OH is 1. The van der Waals surface area contributed by atoms with Crippen molar-refractivity contribution in [3.63, 3.8) is 0 Å². The smallest absolute Gasteiger partial charge is 0.303 e. The maximum absolute atomic E-state index is 14.6. The summed E-state index contributed by atoms with van der Waals surface area (Å²) in [6.07, 6.45) is 0.0676. The number of rotatable bonds is 17. The molecule has 12 unspecified atom stereocenters. The van der Waals surface area contributed by atoms with Gasteiger partial charge in [-0.2, -0.15) is 0 Å². The minimum absolute atomic E-state index is 0.0199. The number of aromatic hydroxyl groups is 1. The number of amides is 14. The van der Waals surface area contributed by atoms with E-state index in [-0.39, 0.29) is 68.2 Å². The highest BCUT2D eigenvalue weighted by molar-refractivity contribution is 8.77. The number of nitrogens with two attached hydrogens (primary N) is 5. The lowest BCUT2D eigenvalue weighted by molar-refractivity contribution is -0.143. The normalized spacial score (nSPS) is 25.8. The van der Waals surface area contributed by atoms with Gasteiger partial charge in [-0.05, 0) is 56.7 Å². The largest absolute Gasteiger partial charge is 0.508 e. The van der Waals surface area contributed by atoms with Crippen LogP contribution in [0.5, 0.6) is 5.75 Å². The van der Waals surface area contributed by atoms with E-state index >= 15 is 0 Å². The number of H-pyrrole nitrogens is 1. The summed E-state index contributed by atoms with van der Waals surface area (Å²) in [5.41, 5.74) is 28.9. The van der Waals surface area contributed by atoms with Crippen molar-refractivity contribution in [3.05, 3.63) is 48.0 Å². The number of aliphatic carboxylic acids is 1. The Bertz CT molecular complexity index is 3220. The highest BCUT2D eigenvalue weighted by Crippen LogP contribution is 2.26. The number of phenolic OH excluding ortho intramolecular Hbond substituents is 1. The van der Waals surface area contributed by atoms with Gasteiger partial charge in [0.05, 0.1) is 31.9 Å². The van der Waals surface area contributed by atoms with Crippen LogP contribution in [0, 0.1) is 0 Å². The van der Waals surface area contributed by atoms with Crippen LogP contribution in [0.3, 0.4) is 0 Å². The lowest BCUT2D eigenvalue weighted by atomic mass is 10.0. The Kier molecular flexibility index (Phi) is 31.7. The average Bonchev–Trinajstić information content (AvgIpc) is 1.35. The molecule has 3 aliphatic rings. The van der Waals surface area contributed by atoms with Crippen molar-refractivity contribution in [2.75, 3.05) is 49.3 Å². The number of guanidine groups is 1. The number of aromatic amines is 1. The van der Waals surface area contributed by atoms with Gasteiger partial charge in [-0.15, -0.1) is 0 Å². The summed E-state index contributed by atoms with van der Waals surface area (Å²) in [4.78, 5) is 219. The van der Waals surface area contributed by atoms with Crippen molar-refractivity contribution < 1.29 is 87.2 Å². The molecule has 532 valence electrons. The summed E-state index contributed by atoms with van der Waals surface area (Å²) in [6, 6.07) is -13.9. The number of carbonyl (C=O) groups is 15. The van der Waals surface area contributed by atoms with Crippen molar-refractivity contribution in [3.8, 4) is 5.75 Å². The molecule has 12 atom stereocenters. The second kappa shape index (κ2) is 39.2. The molecule has 4 heterocycles. The molecule has 1 aromatic heterocycles. The Morgan fingerprint density at radius 2 is 1.33 bits per heavy atom. The van der Waals surface area contributed by atoms with E-state index < -0.39 is 223 Å². The molecule has 38 nitrogen and oxygen atoms in total. The number of phenols is 1. The van der Waals surface area contributed by atoms with Crippen LogP contribution in [-0.4, -0.2) is 247 Å². The molecule has 97 heavy (non-hydrogen) atoms. The number of fused-ring (bicyclic) bond motifs is 9. The van der Waals surface area contributed by atoms with Crippen LogP contribution in [0.2, 0.25) is 0 Å². The van der Waals surface area contributed by atoms with Crippen molar-refractivity contribution in [2.45, 2.75) is 137 Å². The third-order valence-corrected chi connectivity index (χ3v) is 19.6. The molecule has 1 aromatic carbocycles. The Labute approximate surface area is 569 Å². The number of benzene rings is 1. The van der Waals surface area contributed by atoms with Crippen molar-refractivity contribution in [1.82, 2.24) is 73.4 Å². The summed E-state index contributed by atoms with van der Waals surface area (Å²) in [5, 5.41) is 57.2. The zero-order chi connectivity index (χ0) is 71.5. The lowest BCUT2D eigenvalue weighted by Crippen LogP contribution is -2.61. The standard InChI is InChI=1S/C55H80N20O18S4/c1-25-44(83)72-36-21-95-97-22-37(73-45(84)29(56)9-10-42(80)81)52(91)74-38(51(90)69-33(16-40(57)78)54(93)75-12-4-8-39(75)53(92)65-25)23-96-94-20-35(43(58)82)71-50(89)34(19-76)70-48(87)31(14-26-5-2-6-28(77)13-26)67-49(88)32(15-27-17-61-24-64-27)68-47(86)30(7-3-11-62-55(59)60)66-41(79)18-63-46(36)85/h2,5-6,13,17,24-25,29-39,76-77H,3-4,7-12,14-16,18-23,56H2,1H3,(H2,57,78)(H2,58,82)(H,61,64)(H,63,85)(H,65,92)(H,66,79)(H,67,88)(H,68,86)(H,69,90)(H,70,87)(H,71,89)(H,72,83)(H,73,84)(H,74,91)(H,80,81)(H4,59,60,62). The predicted molar refractivity (Wildman–Crippen MR) is 352 cm³/mol. The van der Waals surface area contributed by atoms with E-state index in [9.17, 15) is 87.2 Å². The van der Waals surface area contributed by atoms with Crippen LogP contribution in [0.1, 0.15) is 63.1 Å². The summed E-state index contributed by atoms with van der Waals surface area (Å²) < 4.78 is 0. The summed E-state index contributed by atoms with van der Waals surface area (Å²) in [7, 11) is 3.19. The first-order valence-electron chi connectivity index (χ1n) is 30.1. The molecule has 5 rings (SSSR count). The number of carboxylic acids is 1. The topological polar surface area (TPSA) is 623 Å². The Morgan fingerprint density at radius 1 is 0.711 bits per heavy atom. The van der Waals surface area contributed by atoms with Crippen LogP contribution >= 0.6 is 43.2 Å². The molecule has 2 aromatic rings. The minimum Gasteiger partial charge on any atom is -0.508 e. The molecule has 14 amide bonds. The van der Waals surface area contributed by atoms with Crippen molar-refractivity contribution in [1.29, 1.82) is 0 Å². The van der Waals surface area contributed by atoms with Gasteiger partial charge in [0.25, 0.3) is 0 Å². The summed E-state index contributed by atoms with van der Waals surface area (Å²) >= 11 is 0. The highest BCUT2D eigenvalue weighted by atomic mass is 33.1. The molecular weight excluding hydrogens is 1360 g/mol. The van der Waals surface area contributed by atoms with Crippen molar-refractivity contribution >= 4 is 138 Å².